The maximum atomic E-state index is 12.1. The van der Waals surface area contributed by atoms with Crippen LogP contribution < -0.4 is 5.32 Å². The van der Waals surface area contributed by atoms with Crippen molar-refractivity contribution >= 4 is 11.8 Å². The van der Waals surface area contributed by atoms with Crippen LogP contribution in [0, 0.1) is 0 Å². The van der Waals surface area contributed by atoms with Crippen molar-refractivity contribution in [2.24, 2.45) is 0 Å². The minimum Gasteiger partial charge on any atom is -0.355 e. The Morgan fingerprint density at radius 2 is 2.11 bits per heavy atom. The van der Waals surface area contributed by atoms with Gasteiger partial charge in [-0.05, 0) is 26.3 Å². The summed E-state index contributed by atoms with van der Waals surface area (Å²) < 4.78 is 0. The fraction of sp³-hybridized carbons (Fsp3) is 0.583. The minimum absolute atomic E-state index is 0.0670. The molecule has 0 aliphatic carbocycles. The molecular weight excluding hydrogens is 232 g/mol. The zero-order chi connectivity index (χ0) is 13.5. The number of H-pyrrole nitrogens is 1. The van der Waals surface area contributed by atoms with E-state index in [4.69, 9.17) is 0 Å². The van der Waals surface area contributed by atoms with E-state index in [1.54, 1.807) is 6.07 Å². The Hall–Kier alpha value is -1.85. The molecule has 0 fully saturated rings. The van der Waals surface area contributed by atoms with Crippen LogP contribution in [-0.4, -0.2) is 46.5 Å². The number of aromatic nitrogens is 2. The number of hydrogen-bond acceptors (Lipinski definition) is 3. The topological polar surface area (TPSA) is 78.1 Å². The molecule has 0 bridgehead atoms. The quantitative estimate of drug-likeness (QED) is 0.777. The van der Waals surface area contributed by atoms with E-state index in [0.717, 1.165) is 12.1 Å². The highest BCUT2D eigenvalue weighted by Gasteiger charge is 2.19. The second kappa shape index (κ2) is 6.78. The molecule has 18 heavy (non-hydrogen) atoms. The summed E-state index contributed by atoms with van der Waals surface area (Å²) in [4.78, 5) is 25.1. The first-order chi connectivity index (χ1) is 8.62. The summed E-state index contributed by atoms with van der Waals surface area (Å²) in [6, 6.07) is 1.72. The number of rotatable bonds is 6. The van der Waals surface area contributed by atoms with Crippen molar-refractivity contribution in [2.45, 2.75) is 27.2 Å². The van der Waals surface area contributed by atoms with Crippen LogP contribution in [0.4, 0.5) is 0 Å². The summed E-state index contributed by atoms with van der Waals surface area (Å²) in [5.41, 5.74) is 1.27. The fourth-order valence-corrected chi connectivity index (χ4v) is 1.57. The number of nitrogens with one attached hydrogen (secondary N) is 2. The summed E-state index contributed by atoms with van der Waals surface area (Å²) in [5.74, 6) is -0.376. The van der Waals surface area contributed by atoms with E-state index < -0.39 is 0 Å². The van der Waals surface area contributed by atoms with Crippen LogP contribution in [0.25, 0.3) is 0 Å². The summed E-state index contributed by atoms with van der Waals surface area (Å²) in [6.45, 7) is 6.77. The van der Waals surface area contributed by atoms with Crippen LogP contribution >= 0.6 is 0 Å². The van der Waals surface area contributed by atoms with Gasteiger partial charge in [0.1, 0.15) is 5.69 Å². The lowest BCUT2D eigenvalue weighted by Gasteiger charge is -2.18. The molecule has 1 heterocycles. The second-order valence-corrected chi connectivity index (χ2v) is 3.90. The lowest BCUT2D eigenvalue weighted by molar-refractivity contribution is -0.121. The maximum absolute atomic E-state index is 12.1. The summed E-state index contributed by atoms with van der Waals surface area (Å²) >= 11 is 0. The molecule has 1 rings (SSSR count). The van der Waals surface area contributed by atoms with Gasteiger partial charge in [-0.25, -0.2) is 0 Å². The summed E-state index contributed by atoms with van der Waals surface area (Å²) in [7, 11) is 0. The highest BCUT2D eigenvalue weighted by molar-refractivity contribution is 5.95. The van der Waals surface area contributed by atoms with Crippen molar-refractivity contribution in [1.82, 2.24) is 20.4 Å². The molecule has 6 nitrogen and oxygen atoms in total. The monoisotopic (exact) mass is 252 g/mol. The number of likely N-dealkylation sites (N-methyl/N-ethyl adjacent to an activating group) is 2. The lowest BCUT2D eigenvalue weighted by Crippen LogP contribution is -2.40. The Morgan fingerprint density at radius 3 is 2.61 bits per heavy atom. The molecule has 100 valence electrons. The van der Waals surface area contributed by atoms with E-state index in [0.29, 0.717) is 18.8 Å². The molecule has 0 spiro atoms. The van der Waals surface area contributed by atoms with Gasteiger partial charge in [0.15, 0.2) is 0 Å². The molecule has 0 radical (unpaired) electrons. The third-order valence-corrected chi connectivity index (χ3v) is 2.61. The molecule has 2 amide bonds. The Bertz CT molecular complexity index is 414. The van der Waals surface area contributed by atoms with Crippen molar-refractivity contribution in [1.29, 1.82) is 0 Å². The van der Waals surface area contributed by atoms with E-state index >= 15 is 0 Å². The Balaban J connectivity index is 2.69. The number of carbonyl (C=O) groups is 2. The normalized spacial score (nSPS) is 10.2. The van der Waals surface area contributed by atoms with Crippen LogP contribution in [0.3, 0.4) is 0 Å². The van der Waals surface area contributed by atoms with Crippen molar-refractivity contribution in [3.8, 4) is 0 Å². The zero-order valence-corrected chi connectivity index (χ0v) is 11.1. The van der Waals surface area contributed by atoms with Crippen LogP contribution in [0.15, 0.2) is 6.07 Å². The van der Waals surface area contributed by atoms with Gasteiger partial charge in [0, 0.05) is 18.8 Å². The van der Waals surface area contributed by atoms with Gasteiger partial charge in [0.2, 0.25) is 5.91 Å². The van der Waals surface area contributed by atoms with E-state index in [1.165, 1.54) is 4.90 Å². The van der Waals surface area contributed by atoms with Gasteiger partial charge < -0.3 is 10.2 Å². The van der Waals surface area contributed by atoms with E-state index in [1.807, 2.05) is 20.8 Å². The lowest BCUT2D eigenvalue weighted by atomic mass is 10.3. The number of hydrogen-bond donors (Lipinski definition) is 2. The molecule has 0 atom stereocenters. The molecule has 0 aliphatic rings. The molecule has 0 saturated heterocycles. The molecule has 1 aromatic heterocycles. The van der Waals surface area contributed by atoms with Crippen LogP contribution in [-0.2, 0) is 11.2 Å². The first-order valence-corrected chi connectivity index (χ1v) is 6.22. The molecule has 2 N–H and O–H groups in total. The molecule has 0 aromatic carbocycles. The number of amides is 2. The number of aryl methyl sites for hydroxylation is 1. The smallest absolute Gasteiger partial charge is 0.274 e. The van der Waals surface area contributed by atoms with Crippen molar-refractivity contribution < 1.29 is 9.59 Å². The minimum atomic E-state index is -0.222. The number of aromatic amines is 1. The van der Waals surface area contributed by atoms with Gasteiger partial charge in [-0.3, -0.25) is 14.7 Å². The van der Waals surface area contributed by atoms with Crippen molar-refractivity contribution in [3.05, 3.63) is 17.5 Å². The fourth-order valence-electron chi connectivity index (χ4n) is 1.57. The van der Waals surface area contributed by atoms with Gasteiger partial charge in [0.05, 0.1) is 6.54 Å². The SMILES string of the molecule is CCNC(=O)CN(CC)C(=O)c1cc(CC)[nH]n1. The van der Waals surface area contributed by atoms with Crippen LogP contribution in [0.1, 0.15) is 37.0 Å². The van der Waals surface area contributed by atoms with E-state index in [-0.39, 0.29) is 18.4 Å². The van der Waals surface area contributed by atoms with Gasteiger partial charge in [0.25, 0.3) is 5.91 Å². The average molecular weight is 252 g/mol. The number of carbonyl (C=O) groups excluding carboxylic acids is 2. The predicted molar refractivity (Wildman–Crippen MR) is 68.2 cm³/mol. The summed E-state index contributed by atoms with van der Waals surface area (Å²) in [6.07, 6.45) is 0.794. The molecule has 1 aromatic rings. The first-order valence-electron chi connectivity index (χ1n) is 6.22. The predicted octanol–water partition coefficient (Wildman–Crippen LogP) is 0.570. The molecule has 0 saturated carbocycles. The Morgan fingerprint density at radius 1 is 1.39 bits per heavy atom. The van der Waals surface area contributed by atoms with Gasteiger partial charge >= 0.3 is 0 Å². The molecular formula is C12H20N4O2. The molecule has 0 unspecified atom stereocenters. The molecule has 6 heteroatoms. The summed E-state index contributed by atoms with van der Waals surface area (Å²) in [5, 5.41) is 9.43. The first kappa shape index (κ1) is 14.2. The second-order valence-electron chi connectivity index (χ2n) is 3.90. The molecule has 0 aliphatic heterocycles. The van der Waals surface area contributed by atoms with Gasteiger partial charge in [-0.2, -0.15) is 5.10 Å². The maximum Gasteiger partial charge on any atom is 0.274 e. The van der Waals surface area contributed by atoms with Crippen LogP contribution in [0.2, 0.25) is 0 Å². The van der Waals surface area contributed by atoms with Crippen LogP contribution in [0.5, 0.6) is 0 Å². The van der Waals surface area contributed by atoms with Crippen molar-refractivity contribution in [3.63, 3.8) is 0 Å². The van der Waals surface area contributed by atoms with E-state index in [2.05, 4.69) is 15.5 Å². The van der Waals surface area contributed by atoms with Crippen molar-refractivity contribution in [2.75, 3.05) is 19.6 Å². The standard InChI is InChI=1S/C12H20N4O2/c1-4-9-7-10(15-14-9)12(18)16(6-3)8-11(17)13-5-2/h7H,4-6,8H2,1-3H3,(H,13,17)(H,14,15). The average Bonchev–Trinajstić information content (AvgIpc) is 2.84. The zero-order valence-electron chi connectivity index (χ0n) is 11.1. The number of nitrogens with zero attached hydrogens (tertiary/aromatic N) is 2. The highest BCUT2D eigenvalue weighted by Crippen LogP contribution is 2.04. The largest absolute Gasteiger partial charge is 0.355 e. The highest BCUT2D eigenvalue weighted by atomic mass is 16.2. The van der Waals surface area contributed by atoms with Gasteiger partial charge in [-0.15, -0.1) is 0 Å². The Kier molecular flexibility index (Phi) is 5.35. The Labute approximate surface area is 107 Å². The van der Waals surface area contributed by atoms with Gasteiger partial charge in [-0.1, -0.05) is 6.92 Å². The van der Waals surface area contributed by atoms with E-state index in [9.17, 15) is 9.59 Å². The third-order valence-electron chi connectivity index (χ3n) is 2.61. The third kappa shape index (κ3) is 3.58.